The number of rotatable bonds is 2. The van der Waals surface area contributed by atoms with E-state index in [-0.39, 0.29) is 18.5 Å². The summed E-state index contributed by atoms with van der Waals surface area (Å²) in [4.78, 5) is 0. The van der Waals surface area contributed by atoms with Crippen LogP contribution in [0.4, 0.5) is 0 Å². The minimum Gasteiger partial charge on any atom is -0.387 e. The molecule has 0 aromatic rings. The number of hydrogen-bond acceptors (Lipinski definition) is 3. The molecule has 0 aromatic carbocycles. The van der Waals surface area contributed by atoms with Crippen LogP contribution >= 0.6 is 0 Å². The highest BCUT2D eigenvalue weighted by atomic mass is 16.5. The first kappa shape index (κ1) is 10.0. The molecule has 0 amide bonds. The maximum atomic E-state index is 9.81. The van der Waals surface area contributed by atoms with Gasteiger partial charge in [-0.05, 0) is 12.2 Å². The first-order chi connectivity index (χ1) is 5.51. The van der Waals surface area contributed by atoms with Gasteiger partial charge in [-0.15, -0.1) is 0 Å². The van der Waals surface area contributed by atoms with Crippen LogP contribution in [0.2, 0.25) is 5.82 Å². The predicted molar refractivity (Wildman–Crippen MR) is 49.0 cm³/mol. The number of aliphatic hydroxyl groups excluding tert-OH is 1. The Kier molecular flexibility index (Phi) is 2.81. The fourth-order valence-electron chi connectivity index (χ4n) is 1.59. The zero-order chi connectivity index (χ0) is 9.35. The highest BCUT2D eigenvalue weighted by molar-refractivity contribution is 6.11. The Morgan fingerprint density at radius 1 is 1.75 bits per heavy atom. The van der Waals surface area contributed by atoms with E-state index < -0.39 is 11.7 Å². The summed E-state index contributed by atoms with van der Waals surface area (Å²) < 4.78 is 5.33. The van der Waals surface area contributed by atoms with E-state index in [1.807, 2.05) is 21.7 Å². The number of hydrogen-bond donors (Lipinski definition) is 2. The van der Waals surface area contributed by atoms with Crippen molar-refractivity contribution >= 4 is 7.85 Å². The second-order valence-electron chi connectivity index (χ2n) is 3.92. The second-order valence-corrected chi connectivity index (χ2v) is 3.92. The molecule has 70 valence electrons. The number of aliphatic hydroxyl groups is 2. The number of ether oxygens (including phenoxy) is 1. The van der Waals surface area contributed by atoms with Gasteiger partial charge in [0.25, 0.3) is 0 Å². The lowest BCUT2D eigenvalue weighted by atomic mass is 9.79. The molecule has 0 aliphatic carbocycles. The van der Waals surface area contributed by atoms with Crippen LogP contribution in [0.3, 0.4) is 0 Å². The molecule has 0 saturated carbocycles. The molecule has 0 radical (unpaired) electrons. The molecular formula is C8H17BO3. The lowest BCUT2D eigenvalue weighted by Gasteiger charge is -2.26. The summed E-state index contributed by atoms with van der Waals surface area (Å²) in [5.41, 5.74) is -1.02. The average molecular weight is 172 g/mol. The van der Waals surface area contributed by atoms with Crippen LogP contribution in [0.5, 0.6) is 0 Å². The van der Waals surface area contributed by atoms with Crippen molar-refractivity contribution in [3.63, 3.8) is 0 Å². The highest BCUT2D eigenvalue weighted by Crippen LogP contribution is 2.32. The molecule has 1 rings (SSSR count). The van der Waals surface area contributed by atoms with E-state index in [0.29, 0.717) is 6.42 Å². The van der Waals surface area contributed by atoms with Crippen LogP contribution in [-0.2, 0) is 4.74 Å². The third-order valence-corrected chi connectivity index (χ3v) is 2.66. The average Bonchev–Trinajstić information content (AvgIpc) is 2.30. The Bertz CT molecular complexity index is 162. The Labute approximate surface area is 74.1 Å². The molecule has 3 unspecified atom stereocenters. The largest absolute Gasteiger partial charge is 0.387 e. The monoisotopic (exact) mass is 172 g/mol. The first-order valence-corrected chi connectivity index (χ1v) is 4.53. The maximum Gasteiger partial charge on any atom is 0.116 e. The van der Waals surface area contributed by atoms with Gasteiger partial charge in [0.05, 0.1) is 12.7 Å². The van der Waals surface area contributed by atoms with Crippen molar-refractivity contribution in [2.75, 3.05) is 6.61 Å². The summed E-state index contributed by atoms with van der Waals surface area (Å²) in [6, 6.07) is 0. The molecule has 4 atom stereocenters. The van der Waals surface area contributed by atoms with Gasteiger partial charge in [-0.25, -0.2) is 0 Å². The van der Waals surface area contributed by atoms with Crippen molar-refractivity contribution in [1.82, 2.24) is 0 Å². The van der Waals surface area contributed by atoms with Crippen LogP contribution in [-0.4, -0.2) is 42.5 Å². The van der Waals surface area contributed by atoms with E-state index in [4.69, 9.17) is 4.74 Å². The lowest BCUT2D eigenvalue weighted by molar-refractivity contribution is -0.0519. The molecule has 1 fully saturated rings. The summed E-state index contributed by atoms with van der Waals surface area (Å²) >= 11 is 0. The zero-order valence-electron chi connectivity index (χ0n) is 7.95. The molecule has 0 bridgehead atoms. The molecule has 0 aromatic heterocycles. The fourth-order valence-corrected chi connectivity index (χ4v) is 1.59. The van der Waals surface area contributed by atoms with E-state index in [1.54, 1.807) is 0 Å². The van der Waals surface area contributed by atoms with Crippen molar-refractivity contribution in [3.8, 4) is 0 Å². The molecule has 1 heterocycles. The molecule has 1 aliphatic rings. The van der Waals surface area contributed by atoms with Gasteiger partial charge in [0.2, 0.25) is 0 Å². The van der Waals surface area contributed by atoms with E-state index in [2.05, 4.69) is 0 Å². The predicted octanol–water partition coefficient (Wildman–Crippen LogP) is -0.671. The van der Waals surface area contributed by atoms with Crippen LogP contribution in [0, 0.1) is 0 Å². The van der Waals surface area contributed by atoms with Gasteiger partial charge in [0, 0.05) is 0 Å². The summed E-state index contributed by atoms with van der Waals surface area (Å²) in [6.07, 6.45) is -0.408. The first-order valence-electron chi connectivity index (χ1n) is 4.53. The Morgan fingerprint density at radius 3 is 2.58 bits per heavy atom. The van der Waals surface area contributed by atoms with E-state index >= 15 is 0 Å². The Morgan fingerprint density at radius 2 is 2.33 bits per heavy atom. The van der Waals surface area contributed by atoms with Gasteiger partial charge < -0.3 is 14.9 Å². The summed E-state index contributed by atoms with van der Waals surface area (Å²) in [6.45, 7) is 4.10. The minimum atomic E-state index is -1.02. The molecular weight excluding hydrogens is 155 g/mol. The zero-order valence-corrected chi connectivity index (χ0v) is 7.95. The highest BCUT2D eigenvalue weighted by Gasteiger charge is 2.47. The molecule has 2 N–H and O–H groups in total. The quantitative estimate of drug-likeness (QED) is 0.543. The summed E-state index contributed by atoms with van der Waals surface area (Å²) in [5.74, 6) is 0.251. The molecule has 3 nitrogen and oxygen atoms in total. The minimum absolute atomic E-state index is 0.213. The van der Waals surface area contributed by atoms with Gasteiger partial charge in [-0.1, -0.05) is 13.8 Å². The Balaban J connectivity index is 2.66. The van der Waals surface area contributed by atoms with Crippen molar-refractivity contribution in [2.45, 2.75) is 43.9 Å². The SMILES string of the molecule is B[C@H](C)C1OCC(O)(CC)C1O. The third-order valence-electron chi connectivity index (χ3n) is 2.66. The molecule has 4 heteroatoms. The van der Waals surface area contributed by atoms with Crippen molar-refractivity contribution < 1.29 is 14.9 Å². The molecule has 1 saturated heterocycles. The van der Waals surface area contributed by atoms with Crippen LogP contribution in [0.1, 0.15) is 20.3 Å². The van der Waals surface area contributed by atoms with Gasteiger partial charge in [-0.3, -0.25) is 0 Å². The topological polar surface area (TPSA) is 49.7 Å². The summed E-state index contributed by atoms with van der Waals surface area (Å²) in [5, 5.41) is 19.5. The smallest absolute Gasteiger partial charge is 0.116 e. The standard InChI is InChI=1S/C8H17BO3/c1-3-8(11)4-12-6(5(2)9)7(8)10/h5-7,10-11H,3-4,9H2,1-2H3/t5-,6?,7?,8?/m1/s1. The third kappa shape index (κ3) is 1.51. The van der Waals surface area contributed by atoms with Crippen LogP contribution in [0.25, 0.3) is 0 Å². The normalized spacial score (nSPS) is 44.7. The molecule has 12 heavy (non-hydrogen) atoms. The van der Waals surface area contributed by atoms with E-state index in [9.17, 15) is 10.2 Å². The van der Waals surface area contributed by atoms with Gasteiger partial charge >= 0.3 is 0 Å². The van der Waals surface area contributed by atoms with Crippen LogP contribution < -0.4 is 0 Å². The van der Waals surface area contributed by atoms with Crippen molar-refractivity contribution in [1.29, 1.82) is 0 Å². The molecule has 1 aliphatic heterocycles. The molecule has 0 spiro atoms. The maximum absolute atomic E-state index is 9.81. The van der Waals surface area contributed by atoms with Gasteiger partial charge in [0.1, 0.15) is 19.6 Å². The fraction of sp³-hybridized carbons (Fsp3) is 1.00. The van der Waals surface area contributed by atoms with E-state index in [0.717, 1.165) is 0 Å². The van der Waals surface area contributed by atoms with E-state index in [1.165, 1.54) is 0 Å². The van der Waals surface area contributed by atoms with Gasteiger partial charge in [-0.2, -0.15) is 0 Å². The van der Waals surface area contributed by atoms with Crippen LogP contribution in [0.15, 0.2) is 0 Å². The summed E-state index contributed by atoms with van der Waals surface area (Å²) in [7, 11) is 1.98. The lowest BCUT2D eigenvalue weighted by Crippen LogP contribution is -2.44. The second kappa shape index (κ2) is 3.36. The van der Waals surface area contributed by atoms with Crippen molar-refractivity contribution in [3.05, 3.63) is 0 Å². The van der Waals surface area contributed by atoms with Gasteiger partial charge in [0.15, 0.2) is 0 Å². The van der Waals surface area contributed by atoms with Crippen molar-refractivity contribution in [2.24, 2.45) is 0 Å². The Hall–Kier alpha value is -0.0551.